The number of aliphatic imine (C=N–C) groups is 1. The molecular weight excluding hydrogens is 214 g/mol. The third kappa shape index (κ3) is 3.05. The summed E-state index contributed by atoms with van der Waals surface area (Å²) in [6.07, 6.45) is 7.55. The number of hydrogen-bond acceptors (Lipinski definition) is 3. The van der Waals surface area contributed by atoms with Gasteiger partial charge in [-0.25, -0.2) is 0 Å². The van der Waals surface area contributed by atoms with Crippen LogP contribution in [0.3, 0.4) is 0 Å². The third-order valence-corrected chi connectivity index (χ3v) is 3.43. The molecule has 0 atom stereocenters. The number of allylic oxidation sites excluding steroid dienone is 2. The van der Waals surface area contributed by atoms with Crippen molar-refractivity contribution in [1.29, 1.82) is 0 Å². The molecule has 0 unspecified atom stereocenters. The first-order valence-electron chi connectivity index (χ1n) is 6.26. The molecule has 1 aliphatic carbocycles. The SMILES string of the molecule is C=C(OCC1=CCC(C(C)=O)=N1)C1CCCC1. The Kier molecular flexibility index (Phi) is 3.77. The van der Waals surface area contributed by atoms with Crippen molar-refractivity contribution in [1.82, 2.24) is 0 Å². The van der Waals surface area contributed by atoms with Crippen molar-refractivity contribution in [2.24, 2.45) is 10.9 Å². The van der Waals surface area contributed by atoms with Crippen LogP contribution in [0.4, 0.5) is 0 Å². The minimum absolute atomic E-state index is 0.0471. The molecule has 1 saturated carbocycles. The van der Waals surface area contributed by atoms with Crippen LogP contribution in [0.15, 0.2) is 29.1 Å². The van der Waals surface area contributed by atoms with Gasteiger partial charge in [-0.1, -0.05) is 25.5 Å². The molecule has 1 fully saturated rings. The standard InChI is InChI=1S/C14H19NO2/c1-10(16)14-8-7-13(15-14)9-17-11(2)12-5-3-4-6-12/h7,12H,2-6,8-9H2,1H3. The molecular formula is C14H19NO2. The minimum atomic E-state index is 0.0471. The average molecular weight is 233 g/mol. The number of Topliss-reactive ketones (excluding diaryl/α,β-unsaturated/α-hetero) is 1. The fraction of sp³-hybridized carbons (Fsp3) is 0.571. The van der Waals surface area contributed by atoms with Crippen LogP contribution < -0.4 is 0 Å². The van der Waals surface area contributed by atoms with Crippen LogP contribution in [0.5, 0.6) is 0 Å². The van der Waals surface area contributed by atoms with Crippen molar-refractivity contribution in [3.63, 3.8) is 0 Å². The van der Waals surface area contributed by atoms with Gasteiger partial charge in [0.05, 0.1) is 17.2 Å². The summed E-state index contributed by atoms with van der Waals surface area (Å²) in [5.41, 5.74) is 1.49. The quantitative estimate of drug-likeness (QED) is 0.685. The molecule has 2 rings (SSSR count). The number of hydrogen-bond donors (Lipinski definition) is 0. The first-order chi connectivity index (χ1) is 8.16. The second-order valence-electron chi connectivity index (χ2n) is 4.75. The van der Waals surface area contributed by atoms with Crippen molar-refractivity contribution in [2.75, 3.05) is 6.61 Å². The van der Waals surface area contributed by atoms with E-state index in [1.165, 1.54) is 25.7 Å². The summed E-state index contributed by atoms with van der Waals surface area (Å²) in [6, 6.07) is 0. The largest absolute Gasteiger partial charge is 0.492 e. The Morgan fingerprint density at radius 2 is 2.24 bits per heavy atom. The van der Waals surface area contributed by atoms with Gasteiger partial charge in [0.25, 0.3) is 0 Å². The Hall–Kier alpha value is -1.38. The number of carbonyl (C=O) groups excluding carboxylic acids is 1. The molecule has 1 aliphatic heterocycles. The van der Waals surface area contributed by atoms with E-state index in [4.69, 9.17) is 4.74 Å². The molecule has 0 saturated heterocycles. The molecule has 0 aromatic carbocycles. The van der Waals surface area contributed by atoms with Crippen LogP contribution in [0.2, 0.25) is 0 Å². The predicted molar refractivity (Wildman–Crippen MR) is 67.9 cm³/mol. The first kappa shape index (κ1) is 12.1. The first-order valence-corrected chi connectivity index (χ1v) is 6.26. The number of nitrogens with zero attached hydrogens (tertiary/aromatic N) is 1. The summed E-state index contributed by atoms with van der Waals surface area (Å²) < 4.78 is 5.66. The van der Waals surface area contributed by atoms with E-state index in [0.29, 0.717) is 24.7 Å². The molecule has 0 spiro atoms. The summed E-state index contributed by atoms with van der Waals surface area (Å²) in [5.74, 6) is 1.45. The number of carbonyl (C=O) groups is 1. The van der Waals surface area contributed by atoms with E-state index in [-0.39, 0.29) is 5.78 Å². The van der Waals surface area contributed by atoms with E-state index in [1.54, 1.807) is 6.92 Å². The smallest absolute Gasteiger partial charge is 0.174 e. The maximum absolute atomic E-state index is 11.1. The number of rotatable bonds is 5. The fourth-order valence-electron chi connectivity index (χ4n) is 2.33. The van der Waals surface area contributed by atoms with E-state index < -0.39 is 0 Å². The average Bonchev–Trinajstić information content (AvgIpc) is 2.97. The molecule has 0 aromatic rings. The Labute approximate surface area is 102 Å². The third-order valence-electron chi connectivity index (χ3n) is 3.43. The monoisotopic (exact) mass is 233 g/mol. The molecule has 0 bridgehead atoms. The second-order valence-corrected chi connectivity index (χ2v) is 4.75. The van der Waals surface area contributed by atoms with E-state index in [2.05, 4.69) is 11.6 Å². The predicted octanol–water partition coefficient (Wildman–Crippen LogP) is 3.02. The molecule has 1 heterocycles. The van der Waals surface area contributed by atoms with Gasteiger partial charge in [0.1, 0.15) is 6.61 Å². The maximum atomic E-state index is 11.1. The summed E-state index contributed by atoms with van der Waals surface area (Å²) in [6.45, 7) is 5.99. The summed E-state index contributed by atoms with van der Waals surface area (Å²) >= 11 is 0. The Balaban J connectivity index is 1.79. The highest BCUT2D eigenvalue weighted by Crippen LogP contribution is 2.31. The van der Waals surface area contributed by atoms with Gasteiger partial charge in [0, 0.05) is 19.3 Å². The van der Waals surface area contributed by atoms with Crippen molar-refractivity contribution < 1.29 is 9.53 Å². The van der Waals surface area contributed by atoms with Gasteiger partial charge in [-0.3, -0.25) is 9.79 Å². The Bertz CT molecular complexity index is 387. The summed E-state index contributed by atoms with van der Waals surface area (Å²) in [4.78, 5) is 15.4. The van der Waals surface area contributed by atoms with Crippen molar-refractivity contribution in [2.45, 2.75) is 39.0 Å². The Morgan fingerprint density at radius 1 is 1.53 bits per heavy atom. The number of ketones is 1. The lowest BCUT2D eigenvalue weighted by Gasteiger charge is -2.14. The lowest BCUT2D eigenvalue weighted by Crippen LogP contribution is -2.06. The zero-order chi connectivity index (χ0) is 12.3. The zero-order valence-electron chi connectivity index (χ0n) is 10.4. The van der Waals surface area contributed by atoms with Gasteiger partial charge in [-0.2, -0.15) is 0 Å². The lowest BCUT2D eigenvalue weighted by atomic mass is 10.1. The van der Waals surface area contributed by atoms with Crippen LogP contribution in [-0.4, -0.2) is 18.1 Å². The fourth-order valence-corrected chi connectivity index (χ4v) is 2.33. The molecule has 3 nitrogen and oxygen atoms in total. The van der Waals surface area contributed by atoms with Crippen LogP contribution in [0.25, 0.3) is 0 Å². The van der Waals surface area contributed by atoms with Crippen LogP contribution in [0, 0.1) is 5.92 Å². The van der Waals surface area contributed by atoms with Gasteiger partial charge in [-0.05, 0) is 12.8 Å². The highest BCUT2D eigenvalue weighted by Gasteiger charge is 2.20. The zero-order valence-corrected chi connectivity index (χ0v) is 10.4. The minimum Gasteiger partial charge on any atom is -0.492 e. The van der Waals surface area contributed by atoms with Gasteiger partial charge < -0.3 is 4.74 Å². The van der Waals surface area contributed by atoms with Gasteiger partial charge in [0.15, 0.2) is 5.78 Å². The lowest BCUT2D eigenvalue weighted by molar-refractivity contribution is -0.111. The topological polar surface area (TPSA) is 38.7 Å². The second kappa shape index (κ2) is 5.30. The molecule has 0 amide bonds. The van der Waals surface area contributed by atoms with Crippen LogP contribution in [0.1, 0.15) is 39.0 Å². The van der Waals surface area contributed by atoms with Crippen molar-refractivity contribution >= 4 is 11.5 Å². The van der Waals surface area contributed by atoms with E-state index in [1.807, 2.05) is 6.08 Å². The van der Waals surface area contributed by atoms with Gasteiger partial charge in [0.2, 0.25) is 0 Å². The molecule has 92 valence electrons. The van der Waals surface area contributed by atoms with E-state index in [9.17, 15) is 4.79 Å². The van der Waals surface area contributed by atoms with Crippen LogP contribution >= 0.6 is 0 Å². The van der Waals surface area contributed by atoms with Gasteiger partial charge in [-0.15, -0.1) is 0 Å². The molecule has 17 heavy (non-hydrogen) atoms. The normalized spacial score (nSPS) is 20.1. The summed E-state index contributed by atoms with van der Waals surface area (Å²) in [5, 5.41) is 0. The highest BCUT2D eigenvalue weighted by molar-refractivity contribution is 6.40. The maximum Gasteiger partial charge on any atom is 0.174 e. The van der Waals surface area contributed by atoms with E-state index in [0.717, 1.165) is 11.5 Å². The van der Waals surface area contributed by atoms with Crippen molar-refractivity contribution in [3.05, 3.63) is 24.1 Å². The molecule has 3 heteroatoms. The van der Waals surface area contributed by atoms with Crippen LogP contribution in [-0.2, 0) is 9.53 Å². The molecule has 0 radical (unpaired) electrons. The molecule has 2 aliphatic rings. The summed E-state index contributed by atoms with van der Waals surface area (Å²) in [7, 11) is 0. The number of ether oxygens (including phenoxy) is 1. The van der Waals surface area contributed by atoms with Gasteiger partial charge >= 0.3 is 0 Å². The van der Waals surface area contributed by atoms with Crippen molar-refractivity contribution in [3.8, 4) is 0 Å². The molecule has 0 aromatic heterocycles. The highest BCUT2D eigenvalue weighted by atomic mass is 16.5. The Morgan fingerprint density at radius 3 is 2.82 bits per heavy atom. The van der Waals surface area contributed by atoms with E-state index >= 15 is 0 Å². The molecule has 0 N–H and O–H groups in total.